The van der Waals surface area contributed by atoms with Crippen molar-refractivity contribution in [2.45, 2.75) is 6.61 Å². The second kappa shape index (κ2) is 5.74. The molecule has 0 atom stereocenters. The zero-order valence-corrected chi connectivity index (χ0v) is 7.37. The molecule has 8 heteroatoms. The van der Waals surface area contributed by atoms with Crippen LogP contribution in [0.25, 0.3) is 0 Å². The van der Waals surface area contributed by atoms with Crippen LogP contribution in [0.3, 0.4) is 0 Å². The molecule has 0 saturated carbocycles. The van der Waals surface area contributed by atoms with Crippen molar-refractivity contribution >= 4 is 7.82 Å². The van der Waals surface area contributed by atoms with Crippen LogP contribution >= 0.6 is 7.82 Å². The Morgan fingerprint density at radius 1 is 1.23 bits per heavy atom. The molecule has 0 bridgehead atoms. The van der Waals surface area contributed by atoms with Gasteiger partial charge in [0.25, 0.3) is 0 Å². The van der Waals surface area contributed by atoms with Gasteiger partial charge in [0.15, 0.2) is 5.82 Å². The molecular weight excluding hydrogens is 199 g/mol. The average molecular weight is 208 g/mol. The van der Waals surface area contributed by atoms with Gasteiger partial charge in [0.1, 0.15) is 6.61 Å². The van der Waals surface area contributed by atoms with E-state index in [1.54, 1.807) is 18.5 Å². The summed E-state index contributed by atoms with van der Waals surface area (Å²) in [5.41, 5.74) is 0. The Hall–Kier alpha value is -0.850. The summed E-state index contributed by atoms with van der Waals surface area (Å²) in [5.74, 6) is 0.465. The van der Waals surface area contributed by atoms with Crippen LogP contribution in [0.15, 0.2) is 18.5 Å². The first-order valence-corrected chi connectivity index (χ1v) is 4.65. The van der Waals surface area contributed by atoms with Gasteiger partial charge >= 0.3 is 7.82 Å². The standard InChI is InChI=1S/C5H6N2O.H3O4P/c8-4-5-6-2-1-3-7-5;1-5(2,3)4/h1-3,8H,4H2;(H3,1,2,3,4). The van der Waals surface area contributed by atoms with E-state index < -0.39 is 7.82 Å². The van der Waals surface area contributed by atoms with E-state index in [2.05, 4.69) is 9.97 Å². The second-order valence-corrected chi connectivity index (χ2v) is 2.86. The van der Waals surface area contributed by atoms with E-state index in [1.165, 1.54) is 0 Å². The SMILES string of the molecule is O=P(O)(O)O.OCc1ncccn1. The summed E-state index contributed by atoms with van der Waals surface area (Å²) in [6.45, 7) is -0.0825. The maximum atomic E-state index is 8.88. The topological polar surface area (TPSA) is 124 Å². The summed E-state index contributed by atoms with van der Waals surface area (Å²) in [5, 5.41) is 8.41. The number of aromatic nitrogens is 2. The summed E-state index contributed by atoms with van der Waals surface area (Å²) in [6, 6.07) is 1.71. The highest BCUT2D eigenvalue weighted by Crippen LogP contribution is 2.25. The number of aliphatic hydroxyl groups is 1. The zero-order chi connectivity index (χ0) is 10.3. The lowest BCUT2D eigenvalue weighted by atomic mass is 10.6. The monoisotopic (exact) mass is 208 g/mol. The first-order valence-electron chi connectivity index (χ1n) is 3.08. The van der Waals surface area contributed by atoms with Gasteiger partial charge in [0, 0.05) is 12.4 Å². The fourth-order valence-electron chi connectivity index (χ4n) is 0.412. The molecule has 4 N–H and O–H groups in total. The number of hydrogen-bond acceptors (Lipinski definition) is 4. The van der Waals surface area contributed by atoms with Gasteiger partial charge in [-0.05, 0) is 6.07 Å². The highest BCUT2D eigenvalue weighted by Gasteiger charge is 2.00. The molecule has 1 aromatic rings. The third-order valence-corrected chi connectivity index (χ3v) is 0.761. The number of phosphoric acid groups is 1. The van der Waals surface area contributed by atoms with Crippen molar-refractivity contribution in [1.29, 1.82) is 0 Å². The van der Waals surface area contributed by atoms with Crippen LogP contribution in [-0.4, -0.2) is 29.8 Å². The lowest BCUT2D eigenvalue weighted by molar-refractivity contribution is 0.271. The van der Waals surface area contributed by atoms with Crippen molar-refractivity contribution in [3.63, 3.8) is 0 Å². The van der Waals surface area contributed by atoms with E-state index in [1.807, 2.05) is 0 Å². The van der Waals surface area contributed by atoms with E-state index in [-0.39, 0.29) is 6.61 Å². The minimum atomic E-state index is -4.64. The van der Waals surface area contributed by atoms with Gasteiger partial charge in [-0.25, -0.2) is 14.5 Å². The minimum absolute atomic E-state index is 0.0825. The Balaban J connectivity index is 0.000000252. The molecule has 0 radical (unpaired) electrons. The Morgan fingerprint density at radius 2 is 1.62 bits per heavy atom. The summed E-state index contributed by atoms with van der Waals surface area (Å²) >= 11 is 0. The zero-order valence-electron chi connectivity index (χ0n) is 6.48. The lowest BCUT2D eigenvalue weighted by Crippen LogP contribution is -1.90. The molecular formula is C5H9N2O5P. The van der Waals surface area contributed by atoms with Gasteiger partial charge < -0.3 is 19.8 Å². The van der Waals surface area contributed by atoms with Crippen LogP contribution in [-0.2, 0) is 11.2 Å². The van der Waals surface area contributed by atoms with Gasteiger partial charge in [-0.3, -0.25) is 0 Å². The molecule has 1 aromatic heterocycles. The van der Waals surface area contributed by atoms with Gasteiger partial charge in [-0.2, -0.15) is 0 Å². The molecule has 0 amide bonds. The molecule has 0 aromatic carbocycles. The van der Waals surface area contributed by atoms with Gasteiger partial charge in [0.2, 0.25) is 0 Å². The number of rotatable bonds is 1. The lowest BCUT2D eigenvalue weighted by Gasteiger charge is -1.87. The largest absolute Gasteiger partial charge is 0.466 e. The van der Waals surface area contributed by atoms with Crippen molar-refractivity contribution in [2.24, 2.45) is 0 Å². The Bertz CT molecular complexity index is 265. The van der Waals surface area contributed by atoms with E-state index >= 15 is 0 Å². The van der Waals surface area contributed by atoms with Crippen LogP contribution in [0.4, 0.5) is 0 Å². The predicted molar refractivity (Wildman–Crippen MR) is 42.2 cm³/mol. The molecule has 1 rings (SSSR count). The van der Waals surface area contributed by atoms with Crippen molar-refractivity contribution in [3.05, 3.63) is 24.3 Å². The molecule has 0 aliphatic rings. The van der Waals surface area contributed by atoms with E-state index in [0.717, 1.165) is 0 Å². The predicted octanol–water partition coefficient (Wildman–Crippen LogP) is -0.960. The third-order valence-electron chi connectivity index (χ3n) is 0.761. The normalized spacial score (nSPS) is 10.2. The summed E-state index contributed by atoms with van der Waals surface area (Å²) in [4.78, 5) is 29.0. The van der Waals surface area contributed by atoms with Crippen LogP contribution in [0, 0.1) is 0 Å². The Labute approximate surface area is 74.0 Å². The molecule has 0 fully saturated rings. The molecule has 74 valence electrons. The third kappa shape index (κ3) is 11.1. The summed E-state index contributed by atoms with van der Waals surface area (Å²) in [7, 11) is -4.64. The summed E-state index contributed by atoms with van der Waals surface area (Å²) < 4.78 is 8.88. The maximum absolute atomic E-state index is 8.88. The number of aliphatic hydroxyl groups excluding tert-OH is 1. The molecule has 1 heterocycles. The quantitative estimate of drug-likeness (QED) is 0.438. The molecule has 7 nitrogen and oxygen atoms in total. The molecule has 0 saturated heterocycles. The molecule has 13 heavy (non-hydrogen) atoms. The smallest absolute Gasteiger partial charge is 0.388 e. The first kappa shape index (κ1) is 12.2. The highest BCUT2D eigenvalue weighted by molar-refractivity contribution is 7.45. The van der Waals surface area contributed by atoms with Gasteiger partial charge in [0.05, 0.1) is 0 Å². The van der Waals surface area contributed by atoms with E-state index in [4.69, 9.17) is 24.4 Å². The van der Waals surface area contributed by atoms with Crippen molar-refractivity contribution < 1.29 is 24.4 Å². The average Bonchev–Trinajstić information content (AvgIpc) is 2.03. The van der Waals surface area contributed by atoms with E-state index in [0.29, 0.717) is 5.82 Å². The van der Waals surface area contributed by atoms with Gasteiger partial charge in [-0.15, -0.1) is 0 Å². The Morgan fingerprint density at radius 3 is 1.85 bits per heavy atom. The van der Waals surface area contributed by atoms with Crippen molar-refractivity contribution in [2.75, 3.05) is 0 Å². The molecule has 0 aliphatic carbocycles. The fraction of sp³-hybridized carbons (Fsp3) is 0.200. The first-order chi connectivity index (χ1) is 5.93. The van der Waals surface area contributed by atoms with Crippen LogP contribution in [0.1, 0.15) is 5.82 Å². The van der Waals surface area contributed by atoms with Crippen LogP contribution < -0.4 is 0 Å². The highest BCUT2D eigenvalue weighted by atomic mass is 31.2. The van der Waals surface area contributed by atoms with Gasteiger partial charge in [-0.1, -0.05) is 0 Å². The minimum Gasteiger partial charge on any atom is -0.388 e. The molecule has 0 unspecified atom stereocenters. The second-order valence-electron chi connectivity index (χ2n) is 1.84. The van der Waals surface area contributed by atoms with Crippen LogP contribution in [0.5, 0.6) is 0 Å². The van der Waals surface area contributed by atoms with Crippen molar-refractivity contribution in [1.82, 2.24) is 9.97 Å². The Kier molecular flexibility index (Phi) is 5.36. The summed E-state index contributed by atoms with van der Waals surface area (Å²) in [6.07, 6.45) is 3.19. The molecule has 0 aliphatic heterocycles. The maximum Gasteiger partial charge on any atom is 0.466 e. The number of nitrogens with zero attached hydrogens (tertiary/aromatic N) is 2. The van der Waals surface area contributed by atoms with E-state index in [9.17, 15) is 0 Å². The van der Waals surface area contributed by atoms with Crippen molar-refractivity contribution in [3.8, 4) is 0 Å². The fourth-order valence-corrected chi connectivity index (χ4v) is 0.412. The number of hydrogen-bond donors (Lipinski definition) is 4. The van der Waals surface area contributed by atoms with Crippen LogP contribution in [0.2, 0.25) is 0 Å². The molecule has 0 spiro atoms.